The molecule has 0 unspecified atom stereocenters. The van der Waals surface area contributed by atoms with E-state index in [1.165, 1.54) is 36.8 Å². The van der Waals surface area contributed by atoms with Crippen molar-refractivity contribution >= 4 is 46.0 Å². The predicted octanol–water partition coefficient (Wildman–Crippen LogP) is 6.19. The van der Waals surface area contributed by atoms with Gasteiger partial charge in [0, 0.05) is 29.1 Å². The first kappa shape index (κ1) is 31.0. The van der Waals surface area contributed by atoms with E-state index < -0.39 is 31.3 Å². The van der Waals surface area contributed by atoms with Crippen LogP contribution in [0.5, 0.6) is 11.5 Å². The molecule has 5 rings (SSSR count). The van der Waals surface area contributed by atoms with Gasteiger partial charge >= 0.3 is 18.6 Å². The molecule has 0 amide bonds. The number of ether oxygens (including phenoxy) is 4. The number of carbonyl (C=O) groups is 2. The van der Waals surface area contributed by atoms with Gasteiger partial charge in [0.15, 0.2) is 30.5 Å². The number of aromatic nitrogens is 2. The maximum atomic E-state index is 13.0. The number of esters is 2. The van der Waals surface area contributed by atoms with Crippen molar-refractivity contribution in [1.29, 1.82) is 0 Å². The first-order valence-corrected chi connectivity index (χ1v) is 13.5. The Labute approximate surface area is 248 Å². The number of fused-ring (bicyclic) bond motifs is 1. The van der Waals surface area contributed by atoms with Gasteiger partial charge in [-0.15, -0.1) is 0 Å². The second-order valence-corrected chi connectivity index (χ2v) is 10.3. The topological polar surface area (TPSA) is 131 Å². The smallest absolute Gasteiger partial charge is 0.387 e. The van der Waals surface area contributed by atoms with Crippen LogP contribution in [0, 0.1) is 5.92 Å². The Morgan fingerprint density at radius 3 is 2.50 bits per heavy atom. The number of alkyl halides is 2. The molecule has 0 radical (unpaired) electrons. The summed E-state index contributed by atoms with van der Waals surface area (Å²) in [5.41, 5.74) is 1.91. The molecule has 3 N–H and O–H groups in total. The molecule has 0 bridgehead atoms. The minimum atomic E-state index is -3.05. The number of aromatic amines is 2. The Morgan fingerprint density at radius 1 is 1.05 bits per heavy atom. The number of hydrogen-bond donors (Lipinski definition) is 1. The van der Waals surface area contributed by atoms with Gasteiger partial charge in [-0.05, 0) is 42.5 Å². The van der Waals surface area contributed by atoms with Gasteiger partial charge in [0.05, 0.1) is 12.2 Å². The lowest BCUT2D eigenvalue weighted by atomic mass is 10.0. The number of H-pyrrole nitrogens is 2. The maximum absolute atomic E-state index is 13.0. The third-order valence-electron chi connectivity index (χ3n) is 6.52. The van der Waals surface area contributed by atoms with Crippen molar-refractivity contribution in [3.8, 4) is 11.5 Å². The number of hydrogen-bond acceptors (Lipinski definition) is 7. The molecule has 222 valence electrons. The zero-order valence-corrected chi connectivity index (χ0v) is 23.5. The van der Waals surface area contributed by atoms with Gasteiger partial charge < -0.3 is 29.4 Å². The van der Waals surface area contributed by atoms with Crippen molar-refractivity contribution in [2.45, 2.75) is 32.0 Å². The fourth-order valence-corrected chi connectivity index (χ4v) is 4.78. The number of benzene rings is 2. The zero-order chi connectivity index (χ0) is 28.9. The normalized spacial score (nSPS) is 13.4. The lowest BCUT2D eigenvalue weighted by Gasteiger charge is -2.21. The highest BCUT2D eigenvalue weighted by Crippen LogP contribution is 2.37. The lowest BCUT2D eigenvalue weighted by Crippen LogP contribution is -2.21. The van der Waals surface area contributed by atoms with Gasteiger partial charge in [-0.25, -0.2) is 14.6 Å². The Kier molecular flexibility index (Phi) is 10.2. The highest BCUT2D eigenvalue weighted by Gasteiger charge is 2.27. The van der Waals surface area contributed by atoms with Crippen LogP contribution in [0.25, 0.3) is 10.9 Å². The minimum absolute atomic E-state index is 0. The van der Waals surface area contributed by atoms with Crippen LogP contribution in [0.15, 0.2) is 61.1 Å². The summed E-state index contributed by atoms with van der Waals surface area (Å²) in [5.74, 6) is -1.26. The molecule has 1 saturated carbocycles. The summed E-state index contributed by atoms with van der Waals surface area (Å²) < 4.78 is 47.4. The van der Waals surface area contributed by atoms with Gasteiger partial charge in [-0.2, -0.15) is 8.78 Å². The van der Waals surface area contributed by atoms with Crippen LogP contribution < -0.4 is 14.5 Å². The molecule has 42 heavy (non-hydrogen) atoms. The largest absolute Gasteiger partial charge is 0.870 e. The van der Waals surface area contributed by atoms with Crippen LogP contribution in [0.1, 0.15) is 40.4 Å². The molecule has 2 aromatic carbocycles. The molecule has 1 aliphatic carbocycles. The lowest BCUT2D eigenvalue weighted by molar-refractivity contribution is -0.377. The van der Waals surface area contributed by atoms with E-state index in [4.69, 9.17) is 37.4 Å². The summed E-state index contributed by atoms with van der Waals surface area (Å²) in [6, 6.07) is 11.5. The van der Waals surface area contributed by atoms with Crippen LogP contribution in [0.2, 0.25) is 10.0 Å². The van der Waals surface area contributed by atoms with E-state index in [1.807, 2.05) is 12.1 Å². The highest BCUT2D eigenvalue weighted by molar-refractivity contribution is 6.35. The van der Waals surface area contributed by atoms with E-state index in [0.29, 0.717) is 39.1 Å². The predicted molar refractivity (Wildman–Crippen MR) is 147 cm³/mol. The molecule has 0 aliphatic heterocycles. The average Bonchev–Trinajstić information content (AvgIpc) is 3.68. The molecule has 1 fully saturated rings. The number of halogens is 4. The monoisotopic (exact) mass is 622 g/mol. The van der Waals surface area contributed by atoms with Crippen LogP contribution in [0.4, 0.5) is 8.78 Å². The molecule has 0 spiro atoms. The van der Waals surface area contributed by atoms with Crippen LogP contribution in [-0.2, 0) is 20.7 Å². The van der Waals surface area contributed by atoms with Gasteiger partial charge in [0.1, 0.15) is 16.1 Å². The van der Waals surface area contributed by atoms with E-state index in [1.54, 1.807) is 12.1 Å². The fourth-order valence-electron chi connectivity index (χ4n) is 4.24. The van der Waals surface area contributed by atoms with E-state index in [0.717, 1.165) is 18.4 Å². The second kappa shape index (κ2) is 13.8. The molecular formula is C29H26Cl2F2N2O7. The molecule has 2 aromatic heterocycles. The highest BCUT2D eigenvalue weighted by atomic mass is 35.5. The van der Waals surface area contributed by atoms with Crippen molar-refractivity contribution in [1.82, 2.24) is 4.98 Å². The number of carbonyl (C=O) groups excluding carboxylic acids is 2. The molecule has 0 saturated heterocycles. The van der Waals surface area contributed by atoms with Crippen molar-refractivity contribution in [3.63, 3.8) is 0 Å². The molecular weight excluding hydrogens is 597 g/mol. The van der Waals surface area contributed by atoms with Crippen LogP contribution >= 0.6 is 23.2 Å². The SMILES string of the molecule is O=C(COC(=O)c1c[nH]c2ccccc12)O[C@@H](Cc1c(Cl)c[nH+]cc1Cl)c1ccc(OC(F)F)c(OCC2CC2)c1.[OH-]. The second-order valence-electron chi connectivity index (χ2n) is 9.48. The van der Waals surface area contributed by atoms with Gasteiger partial charge in [-0.1, -0.05) is 47.5 Å². The number of para-hydroxylation sites is 1. The Bertz CT molecular complexity index is 1540. The quantitative estimate of drug-likeness (QED) is 0.186. The van der Waals surface area contributed by atoms with Gasteiger partial charge in [0.2, 0.25) is 0 Å². The third-order valence-corrected chi connectivity index (χ3v) is 7.19. The molecule has 4 aromatic rings. The Balaban J connectivity index is 0.00000405. The van der Waals surface area contributed by atoms with Crippen molar-refractivity contribution in [3.05, 3.63) is 87.8 Å². The third kappa shape index (κ3) is 7.67. The van der Waals surface area contributed by atoms with Crippen LogP contribution in [-0.4, -0.2) is 42.2 Å². The van der Waals surface area contributed by atoms with E-state index in [2.05, 4.69) is 14.7 Å². The molecule has 9 nitrogen and oxygen atoms in total. The number of rotatable bonds is 12. The van der Waals surface area contributed by atoms with E-state index in [-0.39, 0.29) is 29.0 Å². The van der Waals surface area contributed by atoms with E-state index >= 15 is 0 Å². The summed E-state index contributed by atoms with van der Waals surface area (Å²) in [4.78, 5) is 31.4. The number of pyridine rings is 1. The Hall–Kier alpha value is -3.93. The molecule has 13 heteroatoms. The molecule has 2 heterocycles. The number of nitrogens with one attached hydrogen (secondary N) is 2. The summed E-state index contributed by atoms with van der Waals surface area (Å²) in [6.45, 7) is -3.39. The first-order valence-electron chi connectivity index (χ1n) is 12.8. The zero-order valence-electron chi connectivity index (χ0n) is 21.9. The minimum Gasteiger partial charge on any atom is -0.870 e. The molecule has 1 atom stereocenters. The first-order chi connectivity index (χ1) is 19.8. The fraction of sp³-hybridized carbons (Fsp3) is 0.276. The van der Waals surface area contributed by atoms with Crippen LogP contribution in [0.3, 0.4) is 0 Å². The van der Waals surface area contributed by atoms with Gasteiger partial charge in [0.25, 0.3) is 0 Å². The Morgan fingerprint density at radius 2 is 1.79 bits per heavy atom. The standard InChI is InChI=1S/C29H24Cl2F2N2O6.H2O/c30-21-12-34-13-22(31)19(21)10-25(17-7-8-24(41-29(32)33)26(9-17)38-14-16-5-6-16)40-27(36)15-39-28(37)20-11-35-23-4-2-1-3-18(20)23;/h1-4,7-9,11-13,16,25,29,35H,5-6,10,14-15H2;1H2/t25-;/m0./s1. The summed E-state index contributed by atoms with van der Waals surface area (Å²) >= 11 is 12.7. The van der Waals surface area contributed by atoms with Crippen molar-refractivity contribution < 1.29 is 47.8 Å². The summed E-state index contributed by atoms with van der Waals surface area (Å²) in [5, 5.41) is 1.25. The summed E-state index contributed by atoms with van der Waals surface area (Å²) in [6.07, 6.45) is 5.57. The van der Waals surface area contributed by atoms with Gasteiger partial charge in [-0.3, -0.25) is 0 Å². The maximum Gasteiger partial charge on any atom is 0.387 e. The van der Waals surface area contributed by atoms with Crippen molar-refractivity contribution in [2.75, 3.05) is 13.2 Å². The van der Waals surface area contributed by atoms with E-state index in [9.17, 15) is 18.4 Å². The van der Waals surface area contributed by atoms with Crippen molar-refractivity contribution in [2.24, 2.45) is 5.92 Å². The molecule has 1 aliphatic rings. The summed E-state index contributed by atoms with van der Waals surface area (Å²) in [7, 11) is 0. The average molecular weight is 623 g/mol.